The second kappa shape index (κ2) is 12.3. The number of nitrogens with zero attached hydrogens (tertiary/aromatic N) is 1. The number of Topliss-reactive ketones (excluding diaryl/α,β-unsaturated/α-hetero) is 1. The second-order valence-corrected chi connectivity index (χ2v) is 8.83. The van der Waals surface area contributed by atoms with E-state index in [4.69, 9.17) is 9.84 Å². The molecule has 0 aliphatic carbocycles. The fourth-order valence-electron chi connectivity index (χ4n) is 3.78. The molecule has 2 aromatic rings. The highest BCUT2D eigenvalue weighted by Crippen LogP contribution is 2.25. The lowest BCUT2D eigenvalue weighted by Crippen LogP contribution is -2.34. The van der Waals surface area contributed by atoms with Crippen LogP contribution >= 0.6 is 11.8 Å². The van der Waals surface area contributed by atoms with E-state index in [2.05, 4.69) is 0 Å². The summed E-state index contributed by atoms with van der Waals surface area (Å²) in [7, 11) is 0. The van der Waals surface area contributed by atoms with Crippen molar-refractivity contribution < 1.29 is 33.7 Å². The minimum absolute atomic E-state index is 0.0990. The maximum Gasteiger partial charge on any atom is 0.332 e. The number of halogens is 1. The molecule has 1 heterocycles. The molecule has 0 bridgehead atoms. The van der Waals surface area contributed by atoms with Gasteiger partial charge in [0.1, 0.15) is 17.3 Å². The molecule has 0 spiro atoms. The standard InChI is InChI=1S/C26H26FNO6S/c1-35-21-8-6-19(7-9-21)34-20-10-13-28(14-11-20)15-12-22(23(26(32)33)16-24(29)30)25(31)17-2-4-18(27)5-3-17/h2-10,16,22H,11-15H2,1H3,(H,29,30)(H,32,33). The van der Waals surface area contributed by atoms with Gasteiger partial charge in [-0.1, -0.05) is 0 Å². The molecular formula is C26H26FNO6S. The number of carbonyl (C=O) groups excluding carboxylic acids is 1. The van der Waals surface area contributed by atoms with Crippen molar-refractivity contribution in [3.8, 4) is 5.75 Å². The number of carbonyl (C=O) groups is 3. The predicted molar refractivity (Wildman–Crippen MR) is 130 cm³/mol. The third kappa shape index (κ3) is 7.53. The Bertz CT molecular complexity index is 1130. The fourth-order valence-corrected chi connectivity index (χ4v) is 4.19. The summed E-state index contributed by atoms with van der Waals surface area (Å²) in [6.45, 7) is 1.55. The van der Waals surface area contributed by atoms with Gasteiger partial charge >= 0.3 is 11.9 Å². The first-order valence-corrected chi connectivity index (χ1v) is 12.2. The molecule has 0 saturated carbocycles. The number of benzene rings is 2. The highest BCUT2D eigenvalue weighted by Gasteiger charge is 2.30. The number of aliphatic carboxylic acids is 2. The lowest BCUT2D eigenvalue weighted by molar-refractivity contribution is -0.135. The van der Waals surface area contributed by atoms with Gasteiger partial charge in [-0.05, 0) is 73.8 Å². The largest absolute Gasteiger partial charge is 0.478 e. The van der Waals surface area contributed by atoms with Crippen LogP contribution < -0.4 is 4.74 Å². The topological polar surface area (TPSA) is 104 Å². The van der Waals surface area contributed by atoms with E-state index in [1.165, 1.54) is 12.1 Å². The Morgan fingerprint density at radius 2 is 1.80 bits per heavy atom. The number of ether oxygens (including phenoxy) is 1. The van der Waals surface area contributed by atoms with Crippen LogP contribution in [0.3, 0.4) is 0 Å². The third-order valence-corrected chi connectivity index (χ3v) is 6.38. The first kappa shape index (κ1) is 26.2. The SMILES string of the molecule is CSc1ccc(OC2=CCN(CCC(C(=O)c3ccc(F)cc3)C(=CC(=O)O)C(=O)O)CC2)cc1. The van der Waals surface area contributed by atoms with E-state index in [1.54, 1.807) is 11.8 Å². The van der Waals surface area contributed by atoms with Crippen LogP contribution in [-0.2, 0) is 9.59 Å². The van der Waals surface area contributed by atoms with Gasteiger partial charge in [0.2, 0.25) is 0 Å². The van der Waals surface area contributed by atoms with Crippen molar-refractivity contribution in [2.45, 2.75) is 17.7 Å². The molecule has 0 saturated heterocycles. The van der Waals surface area contributed by atoms with Gasteiger partial charge in [-0.15, -0.1) is 11.8 Å². The van der Waals surface area contributed by atoms with Crippen LogP contribution in [0.5, 0.6) is 5.75 Å². The van der Waals surface area contributed by atoms with Crippen LogP contribution in [0, 0.1) is 11.7 Å². The Balaban J connectivity index is 1.68. The van der Waals surface area contributed by atoms with E-state index < -0.39 is 35.0 Å². The fraction of sp³-hybridized carbons (Fsp3) is 0.269. The van der Waals surface area contributed by atoms with Crippen molar-refractivity contribution in [2.75, 3.05) is 25.9 Å². The monoisotopic (exact) mass is 499 g/mol. The van der Waals surface area contributed by atoms with Gasteiger partial charge in [0.05, 0.1) is 11.5 Å². The molecule has 2 aromatic carbocycles. The molecule has 35 heavy (non-hydrogen) atoms. The van der Waals surface area contributed by atoms with E-state index in [1.807, 2.05) is 41.5 Å². The Morgan fingerprint density at radius 1 is 1.11 bits per heavy atom. The normalized spacial score (nSPS) is 15.3. The Labute approximate surface area is 206 Å². The average molecular weight is 500 g/mol. The van der Waals surface area contributed by atoms with Crippen molar-refractivity contribution in [3.63, 3.8) is 0 Å². The molecule has 3 rings (SSSR count). The van der Waals surface area contributed by atoms with Crippen LogP contribution in [0.25, 0.3) is 0 Å². The summed E-state index contributed by atoms with van der Waals surface area (Å²) in [4.78, 5) is 39.3. The Kier molecular flexibility index (Phi) is 9.22. The molecule has 0 amide bonds. The minimum Gasteiger partial charge on any atom is -0.478 e. The molecule has 0 fully saturated rings. The van der Waals surface area contributed by atoms with E-state index in [9.17, 15) is 23.9 Å². The average Bonchev–Trinajstić information content (AvgIpc) is 2.85. The summed E-state index contributed by atoms with van der Waals surface area (Å²) in [6, 6.07) is 12.5. The molecule has 9 heteroatoms. The number of carboxylic acids is 2. The van der Waals surface area contributed by atoms with Crippen molar-refractivity contribution in [2.24, 2.45) is 5.92 Å². The Hall–Kier alpha value is -3.43. The molecule has 1 aliphatic rings. The summed E-state index contributed by atoms with van der Waals surface area (Å²) in [5, 5.41) is 18.7. The zero-order valence-corrected chi connectivity index (χ0v) is 20.0. The van der Waals surface area contributed by atoms with E-state index >= 15 is 0 Å². The van der Waals surface area contributed by atoms with Crippen molar-refractivity contribution in [3.05, 3.63) is 83.4 Å². The highest BCUT2D eigenvalue weighted by atomic mass is 32.2. The first-order chi connectivity index (χ1) is 16.8. The first-order valence-electron chi connectivity index (χ1n) is 11.0. The molecule has 0 radical (unpaired) electrons. The molecule has 1 atom stereocenters. The lowest BCUT2D eigenvalue weighted by Gasteiger charge is -2.28. The van der Waals surface area contributed by atoms with Gasteiger partial charge in [-0.2, -0.15) is 0 Å². The minimum atomic E-state index is -1.48. The zero-order valence-electron chi connectivity index (χ0n) is 19.1. The quantitative estimate of drug-likeness (QED) is 0.265. The molecule has 1 aliphatic heterocycles. The summed E-state index contributed by atoms with van der Waals surface area (Å²) in [6.07, 6.45) is 5.23. The number of rotatable bonds is 11. The molecule has 1 unspecified atom stereocenters. The summed E-state index contributed by atoms with van der Waals surface area (Å²) < 4.78 is 19.2. The number of thioether (sulfide) groups is 1. The third-order valence-electron chi connectivity index (χ3n) is 5.64. The summed E-state index contributed by atoms with van der Waals surface area (Å²) in [5.74, 6) is -3.64. The maximum atomic E-state index is 13.3. The molecule has 7 nitrogen and oxygen atoms in total. The molecule has 2 N–H and O–H groups in total. The zero-order chi connectivity index (χ0) is 25.4. The van der Waals surface area contributed by atoms with E-state index in [-0.39, 0.29) is 12.0 Å². The lowest BCUT2D eigenvalue weighted by atomic mass is 9.87. The summed E-state index contributed by atoms with van der Waals surface area (Å²) in [5.41, 5.74) is -0.382. The maximum absolute atomic E-state index is 13.3. The number of ketones is 1. The van der Waals surface area contributed by atoms with Crippen LogP contribution in [0.1, 0.15) is 23.2 Å². The van der Waals surface area contributed by atoms with Crippen molar-refractivity contribution in [1.29, 1.82) is 0 Å². The van der Waals surface area contributed by atoms with Crippen LogP contribution in [0.15, 0.2) is 76.9 Å². The van der Waals surface area contributed by atoms with Gasteiger partial charge in [0.15, 0.2) is 5.78 Å². The van der Waals surface area contributed by atoms with Gasteiger partial charge in [0.25, 0.3) is 0 Å². The predicted octanol–water partition coefficient (Wildman–Crippen LogP) is 4.50. The number of hydrogen-bond acceptors (Lipinski definition) is 6. The molecular weight excluding hydrogens is 473 g/mol. The van der Waals surface area contributed by atoms with Gasteiger partial charge in [0, 0.05) is 36.0 Å². The Morgan fingerprint density at radius 3 is 2.34 bits per heavy atom. The summed E-state index contributed by atoms with van der Waals surface area (Å²) >= 11 is 1.65. The highest BCUT2D eigenvalue weighted by molar-refractivity contribution is 7.98. The van der Waals surface area contributed by atoms with Crippen LogP contribution in [0.2, 0.25) is 0 Å². The second-order valence-electron chi connectivity index (χ2n) is 7.95. The van der Waals surface area contributed by atoms with Crippen LogP contribution in [0.4, 0.5) is 4.39 Å². The van der Waals surface area contributed by atoms with Crippen molar-refractivity contribution >= 4 is 29.5 Å². The molecule has 0 aromatic heterocycles. The van der Waals surface area contributed by atoms with E-state index in [0.717, 1.165) is 28.5 Å². The van der Waals surface area contributed by atoms with Gasteiger partial charge in [-0.3, -0.25) is 9.69 Å². The van der Waals surface area contributed by atoms with E-state index in [0.29, 0.717) is 32.1 Å². The number of carboxylic acid groups (broad SMARTS) is 2. The smallest absolute Gasteiger partial charge is 0.332 e. The van der Waals surface area contributed by atoms with Crippen LogP contribution in [-0.4, -0.2) is 58.7 Å². The van der Waals surface area contributed by atoms with Gasteiger partial charge in [-0.25, -0.2) is 14.0 Å². The number of hydrogen-bond donors (Lipinski definition) is 2. The van der Waals surface area contributed by atoms with Gasteiger partial charge < -0.3 is 14.9 Å². The van der Waals surface area contributed by atoms with Crippen molar-refractivity contribution in [1.82, 2.24) is 4.90 Å². The molecule has 184 valence electrons.